The monoisotopic (exact) mass is 210 g/mol. The van der Waals surface area contributed by atoms with Crippen LogP contribution >= 0.6 is 0 Å². The van der Waals surface area contributed by atoms with E-state index in [0.717, 1.165) is 13.0 Å². The van der Waals surface area contributed by atoms with Crippen LogP contribution in [0.1, 0.15) is 12.8 Å². The molecule has 5 nitrogen and oxygen atoms in total. The van der Waals surface area contributed by atoms with Gasteiger partial charge in [-0.2, -0.15) is 8.42 Å². The molecular formula is C7H16NO4S+. The van der Waals surface area contributed by atoms with E-state index < -0.39 is 15.5 Å². The molecule has 0 aromatic carbocycles. The van der Waals surface area contributed by atoms with Crippen molar-refractivity contribution < 1.29 is 22.2 Å². The molecule has 0 spiro atoms. The number of nitrogens with zero attached hydrogens (tertiary/aromatic N) is 1. The highest BCUT2D eigenvalue weighted by molar-refractivity contribution is 7.86. The minimum Gasteiger partial charge on any atom is -0.335 e. The van der Waals surface area contributed by atoms with Crippen molar-refractivity contribution in [3.63, 3.8) is 0 Å². The Labute approximate surface area is 78.6 Å². The first kappa shape index (κ1) is 10.9. The highest BCUT2D eigenvalue weighted by Crippen LogP contribution is 2.27. The molecular weight excluding hydrogens is 194 g/mol. The third-order valence-corrected chi connectivity index (χ3v) is 4.02. The molecule has 1 rings (SSSR count). The lowest BCUT2D eigenvalue weighted by Gasteiger charge is -2.32. The Balaban J connectivity index is 2.86. The molecule has 1 N–H and O–H groups in total. The van der Waals surface area contributed by atoms with E-state index in [1.807, 2.05) is 0 Å². The Hall–Kier alpha value is -0.170. The lowest BCUT2D eigenvalue weighted by atomic mass is 10.4. The lowest BCUT2D eigenvalue weighted by Crippen LogP contribution is -2.52. The first-order chi connectivity index (χ1) is 5.90. The van der Waals surface area contributed by atoms with E-state index in [0.29, 0.717) is 13.2 Å². The maximum Gasteiger partial charge on any atom is 0.319 e. The molecule has 1 heterocycles. The second-order valence-electron chi connectivity index (χ2n) is 3.73. The smallest absolute Gasteiger partial charge is 0.319 e. The minimum atomic E-state index is -3.94. The van der Waals surface area contributed by atoms with Crippen LogP contribution in [0.4, 0.5) is 0 Å². The van der Waals surface area contributed by atoms with Gasteiger partial charge in [-0.15, -0.1) is 0 Å². The summed E-state index contributed by atoms with van der Waals surface area (Å²) in [5.74, 6) is 0. The van der Waals surface area contributed by atoms with Crippen molar-refractivity contribution in [2.45, 2.75) is 18.2 Å². The zero-order chi connectivity index (χ0) is 10.1. The molecule has 0 aromatic heterocycles. The van der Waals surface area contributed by atoms with Gasteiger partial charge in [-0.3, -0.25) is 9.04 Å². The van der Waals surface area contributed by atoms with Crippen molar-refractivity contribution in [3.05, 3.63) is 0 Å². The average molecular weight is 210 g/mol. The Morgan fingerprint density at radius 1 is 1.62 bits per heavy atom. The largest absolute Gasteiger partial charge is 0.335 e. The fourth-order valence-electron chi connectivity index (χ4n) is 2.00. The molecule has 1 aliphatic rings. The van der Waals surface area contributed by atoms with E-state index in [1.54, 1.807) is 7.05 Å². The number of ether oxygens (including phenoxy) is 1. The highest BCUT2D eigenvalue weighted by atomic mass is 32.2. The van der Waals surface area contributed by atoms with Gasteiger partial charge in [-0.1, -0.05) is 0 Å². The number of hydrogen-bond acceptors (Lipinski definition) is 3. The molecule has 0 saturated carbocycles. The summed E-state index contributed by atoms with van der Waals surface area (Å²) in [7, 11) is -0.623. The first-order valence-corrected chi connectivity index (χ1v) is 5.70. The van der Waals surface area contributed by atoms with Crippen LogP contribution in [-0.4, -0.2) is 50.3 Å². The van der Waals surface area contributed by atoms with Gasteiger partial charge in [0.25, 0.3) is 0 Å². The van der Waals surface area contributed by atoms with Crippen LogP contribution in [0.5, 0.6) is 0 Å². The van der Waals surface area contributed by atoms with Gasteiger partial charge >= 0.3 is 10.1 Å². The minimum absolute atomic E-state index is 0.259. The summed E-state index contributed by atoms with van der Waals surface area (Å²) in [4.78, 5) is 0. The summed E-state index contributed by atoms with van der Waals surface area (Å²) in [6, 6.07) is 0. The average Bonchev–Trinajstić information content (AvgIpc) is 2.30. The lowest BCUT2D eigenvalue weighted by molar-refractivity contribution is -0.926. The van der Waals surface area contributed by atoms with Crippen LogP contribution < -0.4 is 0 Å². The number of rotatable bonds is 3. The summed E-state index contributed by atoms with van der Waals surface area (Å²) in [6.45, 7) is 1.06. The Morgan fingerprint density at radius 2 is 2.23 bits per heavy atom. The fourth-order valence-corrected chi connectivity index (χ4v) is 3.27. The van der Waals surface area contributed by atoms with Gasteiger partial charge in [-0.25, -0.2) is 0 Å². The second-order valence-corrected chi connectivity index (χ2v) is 5.31. The molecule has 2 atom stereocenters. The van der Waals surface area contributed by atoms with Crippen molar-refractivity contribution >= 4 is 10.1 Å². The van der Waals surface area contributed by atoms with Crippen LogP contribution in [0.3, 0.4) is 0 Å². The van der Waals surface area contributed by atoms with E-state index in [4.69, 9.17) is 9.29 Å². The van der Waals surface area contributed by atoms with Gasteiger partial charge in [0.2, 0.25) is 5.37 Å². The third-order valence-electron chi connectivity index (χ3n) is 2.58. The summed E-state index contributed by atoms with van der Waals surface area (Å²) < 4.78 is 36.2. The van der Waals surface area contributed by atoms with Gasteiger partial charge in [0.15, 0.2) is 6.73 Å². The van der Waals surface area contributed by atoms with Gasteiger partial charge < -0.3 is 4.74 Å². The molecule has 1 saturated heterocycles. The quantitative estimate of drug-likeness (QED) is 0.528. The molecule has 78 valence electrons. The van der Waals surface area contributed by atoms with E-state index in [9.17, 15) is 8.42 Å². The summed E-state index contributed by atoms with van der Waals surface area (Å²) >= 11 is 0. The molecule has 2 unspecified atom stereocenters. The van der Waals surface area contributed by atoms with Crippen molar-refractivity contribution in [1.82, 2.24) is 0 Å². The maximum atomic E-state index is 11.0. The zero-order valence-corrected chi connectivity index (χ0v) is 8.75. The number of likely N-dealkylation sites (tertiary alicyclic amines) is 1. The van der Waals surface area contributed by atoms with Gasteiger partial charge in [0.05, 0.1) is 13.6 Å². The Bertz CT molecular complexity index is 276. The van der Waals surface area contributed by atoms with Crippen LogP contribution in [0, 0.1) is 0 Å². The number of quaternary nitrogens is 1. The van der Waals surface area contributed by atoms with Gasteiger partial charge in [-0.05, 0) is 0 Å². The van der Waals surface area contributed by atoms with E-state index in [1.165, 1.54) is 7.11 Å². The van der Waals surface area contributed by atoms with Crippen LogP contribution in [0.2, 0.25) is 0 Å². The summed E-state index contributed by atoms with van der Waals surface area (Å²) in [5, 5.41) is -0.715. The first-order valence-electron chi connectivity index (χ1n) is 4.19. The molecule has 13 heavy (non-hydrogen) atoms. The highest BCUT2D eigenvalue weighted by Gasteiger charge is 2.45. The van der Waals surface area contributed by atoms with E-state index >= 15 is 0 Å². The van der Waals surface area contributed by atoms with E-state index in [-0.39, 0.29) is 4.48 Å². The molecule has 0 aromatic rings. The predicted octanol–water partition coefficient (Wildman–Crippen LogP) is 0.0446. The van der Waals surface area contributed by atoms with Crippen LogP contribution in [-0.2, 0) is 14.9 Å². The number of methoxy groups -OCH3 is 1. The Kier molecular flexibility index (Phi) is 2.96. The molecule has 1 fully saturated rings. The third kappa shape index (κ3) is 2.19. The van der Waals surface area contributed by atoms with Crippen LogP contribution in [0.15, 0.2) is 0 Å². The predicted molar refractivity (Wildman–Crippen MR) is 47.5 cm³/mol. The van der Waals surface area contributed by atoms with E-state index in [2.05, 4.69) is 0 Å². The van der Waals surface area contributed by atoms with Crippen LogP contribution in [0.25, 0.3) is 0 Å². The Morgan fingerprint density at radius 3 is 2.69 bits per heavy atom. The van der Waals surface area contributed by atoms with Gasteiger partial charge in [0.1, 0.15) is 0 Å². The summed E-state index contributed by atoms with van der Waals surface area (Å²) in [5.41, 5.74) is 0. The van der Waals surface area contributed by atoms with Gasteiger partial charge in [0, 0.05) is 20.0 Å². The molecule has 0 bridgehead atoms. The SMILES string of the molecule is COC[N+]1(C)CCCC1S(=O)(=O)O. The van der Waals surface area contributed by atoms with Crippen molar-refractivity contribution in [2.75, 3.05) is 27.4 Å². The molecule has 0 aliphatic carbocycles. The van der Waals surface area contributed by atoms with Crippen molar-refractivity contribution in [2.24, 2.45) is 0 Å². The maximum absolute atomic E-state index is 11.0. The zero-order valence-electron chi connectivity index (χ0n) is 7.93. The van der Waals surface area contributed by atoms with Crippen molar-refractivity contribution in [1.29, 1.82) is 0 Å². The second kappa shape index (κ2) is 3.53. The van der Waals surface area contributed by atoms with Crippen molar-refractivity contribution in [3.8, 4) is 0 Å². The normalized spacial score (nSPS) is 35.2. The standard InChI is InChI=1S/C7H15NO4S/c1-8(6-12-2)5-3-4-7(8)13(9,10)11/h7H,3-6H2,1-2H3/p+1. The molecule has 0 radical (unpaired) electrons. The number of hydrogen-bond donors (Lipinski definition) is 1. The molecule has 1 aliphatic heterocycles. The molecule has 6 heteroatoms. The topological polar surface area (TPSA) is 63.6 Å². The summed E-state index contributed by atoms with van der Waals surface area (Å²) in [6.07, 6.45) is 1.32. The fraction of sp³-hybridized carbons (Fsp3) is 1.00. The molecule has 0 amide bonds.